The first-order chi connectivity index (χ1) is 9.86. The van der Waals surface area contributed by atoms with Crippen molar-refractivity contribution in [2.45, 2.75) is 0 Å². The van der Waals surface area contributed by atoms with Crippen LogP contribution in [0, 0.1) is 11.3 Å². The summed E-state index contributed by atoms with van der Waals surface area (Å²) in [6, 6.07) is 16.3. The highest BCUT2D eigenvalue weighted by molar-refractivity contribution is 5.51. The monoisotopic (exact) mass is 264 g/mol. The first-order valence-corrected chi connectivity index (χ1v) is 6.78. The third-order valence-corrected chi connectivity index (χ3v) is 3.63. The summed E-state index contributed by atoms with van der Waals surface area (Å²) in [5.74, 6) is 0. The summed E-state index contributed by atoms with van der Waals surface area (Å²) in [4.78, 5) is 8.84. The molecule has 20 heavy (non-hydrogen) atoms. The van der Waals surface area contributed by atoms with E-state index in [0.717, 1.165) is 31.9 Å². The minimum atomic E-state index is 0.469. The maximum atomic E-state index is 8.77. The van der Waals surface area contributed by atoms with Crippen molar-refractivity contribution in [2.75, 3.05) is 36.0 Å². The van der Waals surface area contributed by atoms with Gasteiger partial charge < -0.3 is 9.80 Å². The van der Waals surface area contributed by atoms with Crippen LogP contribution < -0.4 is 9.80 Å². The van der Waals surface area contributed by atoms with Crippen molar-refractivity contribution in [1.29, 1.82) is 5.26 Å². The Morgan fingerprint density at radius 1 is 0.850 bits per heavy atom. The molecule has 0 unspecified atom stereocenters. The number of rotatable bonds is 2. The van der Waals surface area contributed by atoms with Crippen LogP contribution in [0.25, 0.3) is 0 Å². The fraction of sp³-hybridized carbons (Fsp3) is 0.250. The van der Waals surface area contributed by atoms with E-state index in [4.69, 9.17) is 5.26 Å². The molecule has 2 aromatic rings. The van der Waals surface area contributed by atoms with E-state index in [1.54, 1.807) is 12.3 Å². The van der Waals surface area contributed by atoms with E-state index in [9.17, 15) is 0 Å². The zero-order valence-corrected chi connectivity index (χ0v) is 11.2. The molecule has 1 fully saturated rings. The Bertz CT molecular complexity index is 593. The average molecular weight is 264 g/mol. The Kier molecular flexibility index (Phi) is 3.51. The third-order valence-electron chi connectivity index (χ3n) is 3.63. The number of pyridine rings is 1. The lowest BCUT2D eigenvalue weighted by molar-refractivity contribution is 0.652. The van der Waals surface area contributed by atoms with Crippen LogP contribution in [0.3, 0.4) is 0 Å². The maximum Gasteiger partial charge on any atom is 0.140 e. The smallest absolute Gasteiger partial charge is 0.140 e. The van der Waals surface area contributed by atoms with Crippen molar-refractivity contribution in [1.82, 2.24) is 4.98 Å². The van der Waals surface area contributed by atoms with Gasteiger partial charge in [-0.1, -0.05) is 18.2 Å². The molecule has 1 aliphatic rings. The summed E-state index contributed by atoms with van der Waals surface area (Å²) >= 11 is 0. The minimum absolute atomic E-state index is 0.469. The Balaban J connectivity index is 1.65. The number of nitriles is 1. The van der Waals surface area contributed by atoms with Crippen LogP contribution in [0.15, 0.2) is 48.7 Å². The van der Waals surface area contributed by atoms with Gasteiger partial charge in [-0.15, -0.1) is 0 Å². The molecular formula is C16H16N4. The van der Waals surface area contributed by atoms with Crippen molar-refractivity contribution in [3.8, 4) is 6.07 Å². The molecule has 0 aliphatic carbocycles. The van der Waals surface area contributed by atoms with Gasteiger partial charge in [0.15, 0.2) is 0 Å². The minimum Gasteiger partial charge on any atom is -0.368 e. The Hall–Kier alpha value is -2.54. The third kappa shape index (κ3) is 2.57. The summed E-state index contributed by atoms with van der Waals surface area (Å²) in [6.45, 7) is 3.96. The molecule has 2 heterocycles. The van der Waals surface area contributed by atoms with Crippen LogP contribution >= 0.6 is 0 Å². The van der Waals surface area contributed by atoms with E-state index < -0.39 is 0 Å². The summed E-state index contributed by atoms with van der Waals surface area (Å²) in [5.41, 5.74) is 2.85. The normalized spacial score (nSPS) is 14.9. The highest BCUT2D eigenvalue weighted by atomic mass is 15.3. The Labute approximate surface area is 118 Å². The molecule has 3 rings (SSSR count). The van der Waals surface area contributed by atoms with Crippen molar-refractivity contribution >= 4 is 11.4 Å². The van der Waals surface area contributed by atoms with E-state index in [1.165, 1.54) is 5.69 Å². The molecule has 1 aromatic carbocycles. The Morgan fingerprint density at radius 2 is 1.50 bits per heavy atom. The molecule has 100 valence electrons. The van der Waals surface area contributed by atoms with Crippen molar-refractivity contribution in [3.05, 3.63) is 54.4 Å². The number of piperazine rings is 1. The van der Waals surface area contributed by atoms with Gasteiger partial charge in [-0.2, -0.15) is 5.26 Å². The van der Waals surface area contributed by atoms with Gasteiger partial charge in [-0.25, -0.2) is 4.98 Å². The maximum absolute atomic E-state index is 8.77. The molecule has 1 saturated heterocycles. The highest BCUT2D eigenvalue weighted by Crippen LogP contribution is 2.19. The first kappa shape index (κ1) is 12.5. The largest absolute Gasteiger partial charge is 0.368 e. The van der Waals surface area contributed by atoms with E-state index in [0.29, 0.717) is 5.69 Å². The van der Waals surface area contributed by atoms with Crippen molar-refractivity contribution in [2.24, 2.45) is 0 Å². The predicted octanol–water partition coefficient (Wildman–Crippen LogP) is 2.28. The van der Waals surface area contributed by atoms with E-state index >= 15 is 0 Å². The van der Waals surface area contributed by atoms with Crippen LogP contribution in [0.1, 0.15) is 5.69 Å². The van der Waals surface area contributed by atoms with Gasteiger partial charge in [0.25, 0.3) is 0 Å². The van der Waals surface area contributed by atoms with Crippen LogP contribution in [0.5, 0.6) is 0 Å². The number of benzene rings is 1. The molecule has 0 spiro atoms. The second-order valence-corrected chi connectivity index (χ2v) is 4.82. The molecule has 4 heteroatoms. The SMILES string of the molecule is N#Cc1ccc(N2CCN(c3ccccc3)CC2)cn1. The number of aromatic nitrogens is 1. The van der Waals surface area contributed by atoms with Gasteiger partial charge in [0.2, 0.25) is 0 Å². The molecule has 1 aromatic heterocycles. The Morgan fingerprint density at radius 3 is 2.05 bits per heavy atom. The number of para-hydroxylation sites is 1. The second kappa shape index (κ2) is 5.62. The molecule has 4 nitrogen and oxygen atoms in total. The molecule has 1 aliphatic heterocycles. The average Bonchev–Trinajstić information content (AvgIpc) is 2.56. The molecule has 0 saturated carbocycles. The van der Waals surface area contributed by atoms with Crippen LogP contribution in [0.2, 0.25) is 0 Å². The topological polar surface area (TPSA) is 43.2 Å². The van der Waals surface area contributed by atoms with Crippen LogP contribution in [0.4, 0.5) is 11.4 Å². The summed E-state index contributed by atoms with van der Waals surface area (Å²) < 4.78 is 0. The lowest BCUT2D eigenvalue weighted by Crippen LogP contribution is -2.46. The molecule has 0 radical (unpaired) electrons. The lowest BCUT2D eigenvalue weighted by atomic mass is 10.2. The number of anilines is 2. The number of nitrogens with zero attached hydrogens (tertiary/aromatic N) is 4. The predicted molar refractivity (Wildman–Crippen MR) is 79.8 cm³/mol. The fourth-order valence-electron chi connectivity index (χ4n) is 2.50. The van der Waals surface area contributed by atoms with Crippen LogP contribution in [-0.2, 0) is 0 Å². The fourth-order valence-corrected chi connectivity index (χ4v) is 2.50. The molecule has 0 atom stereocenters. The van der Waals surface area contributed by atoms with Crippen LogP contribution in [-0.4, -0.2) is 31.2 Å². The van der Waals surface area contributed by atoms with Crippen molar-refractivity contribution < 1.29 is 0 Å². The van der Waals surface area contributed by atoms with Gasteiger partial charge in [0.1, 0.15) is 11.8 Å². The molecular weight excluding hydrogens is 248 g/mol. The zero-order chi connectivity index (χ0) is 13.8. The van der Waals surface area contributed by atoms with Gasteiger partial charge >= 0.3 is 0 Å². The van der Waals surface area contributed by atoms with Gasteiger partial charge in [-0.3, -0.25) is 0 Å². The lowest BCUT2D eigenvalue weighted by Gasteiger charge is -2.37. The van der Waals surface area contributed by atoms with Crippen molar-refractivity contribution in [3.63, 3.8) is 0 Å². The van der Waals surface area contributed by atoms with E-state index in [2.05, 4.69) is 39.0 Å². The van der Waals surface area contributed by atoms with Gasteiger partial charge in [0, 0.05) is 31.9 Å². The number of hydrogen-bond donors (Lipinski definition) is 0. The van der Waals surface area contributed by atoms with Gasteiger partial charge in [0.05, 0.1) is 11.9 Å². The quantitative estimate of drug-likeness (QED) is 0.834. The number of hydrogen-bond acceptors (Lipinski definition) is 4. The molecule has 0 N–H and O–H groups in total. The summed E-state index contributed by atoms with van der Waals surface area (Å²) in [7, 11) is 0. The zero-order valence-electron chi connectivity index (χ0n) is 11.2. The first-order valence-electron chi connectivity index (χ1n) is 6.78. The van der Waals surface area contributed by atoms with E-state index in [1.807, 2.05) is 18.2 Å². The van der Waals surface area contributed by atoms with E-state index in [-0.39, 0.29) is 0 Å². The summed E-state index contributed by atoms with van der Waals surface area (Å²) in [6.07, 6.45) is 1.79. The molecule has 0 bridgehead atoms. The van der Waals surface area contributed by atoms with Gasteiger partial charge in [-0.05, 0) is 24.3 Å². The summed E-state index contributed by atoms with van der Waals surface area (Å²) in [5, 5.41) is 8.77. The molecule has 0 amide bonds. The standard InChI is InChI=1S/C16H16N4/c17-12-14-6-7-16(13-18-14)20-10-8-19(9-11-20)15-4-2-1-3-5-15/h1-7,13H,8-11H2. The highest BCUT2D eigenvalue weighted by Gasteiger charge is 2.17. The second-order valence-electron chi connectivity index (χ2n) is 4.82.